The van der Waals surface area contributed by atoms with Crippen molar-refractivity contribution in [3.8, 4) is 0 Å². The minimum Gasteiger partial charge on any atom is -0.307 e. The molecular formula is C11H9F2N3O. The average Bonchev–Trinajstić information content (AvgIpc) is 2.68. The van der Waals surface area contributed by atoms with E-state index in [0.717, 1.165) is 17.7 Å². The van der Waals surface area contributed by atoms with Crippen LogP contribution in [0.4, 0.5) is 14.6 Å². The molecule has 1 aromatic carbocycles. The summed E-state index contributed by atoms with van der Waals surface area (Å²) in [7, 11) is 0. The topological polar surface area (TPSA) is 57.8 Å². The molecule has 6 heteroatoms. The van der Waals surface area contributed by atoms with Crippen LogP contribution in [0, 0.1) is 18.6 Å². The Kier molecular flexibility index (Phi) is 2.86. The molecule has 2 N–H and O–H groups in total. The first-order valence-corrected chi connectivity index (χ1v) is 4.84. The maximum atomic E-state index is 12.9. The fourth-order valence-corrected chi connectivity index (χ4v) is 1.30. The highest BCUT2D eigenvalue weighted by atomic mass is 19.2. The van der Waals surface area contributed by atoms with E-state index in [2.05, 4.69) is 15.5 Å². The zero-order valence-corrected chi connectivity index (χ0v) is 8.92. The predicted octanol–water partition coefficient (Wildman–Crippen LogP) is 2.25. The Morgan fingerprint density at radius 2 is 2.12 bits per heavy atom. The third kappa shape index (κ3) is 2.30. The highest BCUT2D eigenvalue weighted by molar-refractivity contribution is 6.04. The molecule has 2 rings (SSSR count). The van der Waals surface area contributed by atoms with Gasteiger partial charge in [0.1, 0.15) is 5.82 Å². The Morgan fingerprint density at radius 3 is 2.71 bits per heavy atom. The van der Waals surface area contributed by atoms with Gasteiger partial charge in [-0.1, -0.05) is 0 Å². The molecular weight excluding hydrogens is 228 g/mol. The number of carbonyl (C=O) groups excluding carboxylic acids is 1. The van der Waals surface area contributed by atoms with E-state index in [4.69, 9.17) is 0 Å². The minimum absolute atomic E-state index is 0.0397. The summed E-state index contributed by atoms with van der Waals surface area (Å²) in [5, 5.41) is 8.82. The Bertz CT molecular complexity index is 566. The van der Waals surface area contributed by atoms with Crippen LogP contribution in [0.5, 0.6) is 0 Å². The first kappa shape index (κ1) is 11.3. The van der Waals surface area contributed by atoms with Crippen molar-refractivity contribution in [3.05, 3.63) is 47.2 Å². The lowest BCUT2D eigenvalue weighted by molar-refractivity contribution is 0.102. The van der Waals surface area contributed by atoms with Crippen molar-refractivity contribution in [3.63, 3.8) is 0 Å². The van der Waals surface area contributed by atoms with E-state index in [1.165, 1.54) is 6.07 Å². The quantitative estimate of drug-likeness (QED) is 0.841. The SMILES string of the molecule is Cc1cn[nH]c1NC(=O)c1ccc(F)c(F)c1. The Labute approximate surface area is 95.7 Å². The molecule has 0 unspecified atom stereocenters. The second-order valence-corrected chi connectivity index (χ2v) is 3.51. The number of aromatic amines is 1. The number of hydrogen-bond acceptors (Lipinski definition) is 2. The van der Waals surface area contributed by atoms with E-state index in [1.807, 2.05) is 0 Å². The fraction of sp³-hybridized carbons (Fsp3) is 0.0909. The molecule has 0 aliphatic carbocycles. The summed E-state index contributed by atoms with van der Waals surface area (Å²) in [5.41, 5.74) is 0.791. The molecule has 0 aliphatic heterocycles. The van der Waals surface area contributed by atoms with E-state index in [9.17, 15) is 13.6 Å². The van der Waals surface area contributed by atoms with Crippen molar-refractivity contribution in [1.82, 2.24) is 10.2 Å². The maximum Gasteiger partial charge on any atom is 0.256 e. The summed E-state index contributed by atoms with van der Waals surface area (Å²) in [4.78, 5) is 11.7. The molecule has 0 aliphatic rings. The molecule has 1 amide bonds. The third-order valence-corrected chi connectivity index (χ3v) is 2.25. The van der Waals surface area contributed by atoms with Gasteiger partial charge in [-0.25, -0.2) is 8.78 Å². The molecule has 1 aromatic heterocycles. The minimum atomic E-state index is -1.06. The van der Waals surface area contributed by atoms with Crippen LogP contribution in [0.2, 0.25) is 0 Å². The van der Waals surface area contributed by atoms with Gasteiger partial charge in [-0.2, -0.15) is 5.10 Å². The first-order chi connectivity index (χ1) is 8.08. The van der Waals surface area contributed by atoms with Crippen LogP contribution in [-0.4, -0.2) is 16.1 Å². The number of nitrogens with one attached hydrogen (secondary N) is 2. The van der Waals surface area contributed by atoms with Crippen LogP contribution in [0.3, 0.4) is 0 Å². The predicted molar refractivity (Wildman–Crippen MR) is 57.6 cm³/mol. The van der Waals surface area contributed by atoms with Crippen molar-refractivity contribution < 1.29 is 13.6 Å². The van der Waals surface area contributed by atoms with Gasteiger partial charge in [-0.05, 0) is 25.1 Å². The van der Waals surface area contributed by atoms with Gasteiger partial charge in [0.05, 0.1) is 6.20 Å². The Morgan fingerprint density at radius 1 is 1.35 bits per heavy atom. The Hall–Kier alpha value is -2.24. The lowest BCUT2D eigenvalue weighted by atomic mass is 10.2. The molecule has 0 radical (unpaired) electrons. The number of rotatable bonds is 2. The van der Waals surface area contributed by atoms with Gasteiger partial charge in [0.15, 0.2) is 11.6 Å². The lowest BCUT2D eigenvalue weighted by Gasteiger charge is -2.04. The van der Waals surface area contributed by atoms with Crippen LogP contribution < -0.4 is 5.32 Å². The number of carbonyl (C=O) groups is 1. The summed E-state index contributed by atoms with van der Waals surface area (Å²) >= 11 is 0. The van der Waals surface area contributed by atoms with Crippen LogP contribution in [0.15, 0.2) is 24.4 Å². The van der Waals surface area contributed by atoms with E-state index in [0.29, 0.717) is 5.82 Å². The summed E-state index contributed by atoms with van der Waals surface area (Å²) in [5.74, 6) is -2.14. The molecule has 4 nitrogen and oxygen atoms in total. The smallest absolute Gasteiger partial charge is 0.256 e. The molecule has 17 heavy (non-hydrogen) atoms. The second kappa shape index (κ2) is 4.32. The van der Waals surface area contributed by atoms with Crippen molar-refractivity contribution in [2.24, 2.45) is 0 Å². The number of aryl methyl sites for hydroxylation is 1. The number of hydrogen-bond donors (Lipinski definition) is 2. The van der Waals surface area contributed by atoms with Crippen molar-refractivity contribution >= 4 is 11.7 Å². The van der Waals surface area contributed by atoms with E-state index >= 15 is 0 Å². The Balaban J connectivity index is 2.20. The van der Waals surface area contributed by atoms with Gasteiger partial charge >= 0.3 is 0 Å². The number of aromatic nitrogens is 2. The third-order valence-electron chi connectivity index (χ3n) is 2.25. The van der Waals surface area contributed by atoms with Gasteiger partial charge in [0.2, 0.25) is 0 Å². The van der Waals surface area contributed by atoms with Crippen LogP contribution in [0.25, 0.3) is 0 Å². The normalized spacial score (nSPS) is 10.3. The molecule has 0 spiro atoms. The van der Waals surface area contributed by atoms with Crippen molar-refractivity contribution in [2.45, 2.75) is 6.92 Å². The van der Waals surface area contributed by atoms with E-state index in [1.54, 1.807) is 13.1 Å². The van der Waals surface area contributed by atoms with Gasteiger partial charge in [-0.15, -0.1) is 0 Å². The standard InChI is InChI=1S/C11H9F2N3O/c1-6-5-14-16-10(6)15-11(17)7-2-3-8(12)9(13)4-7/h2-5H,1H3,(H2,14,15,16,17). The van der Waals surface area contributed by atoms with Crippen LogP contribution in [-0.2, 0) is 0 Å². The lowest BCUT2D eigenvalue weighted by Crippen LogP contribution is -2.13. The fourth-order valence-electron chi connectivity index (χ4n) is 1.30. The van der Waals surface area contributed by atoms with Crippen molar-refractivity contribution in [1.29, 1.82) is 0 Å². The maximum absolute atomic E-state index is 12.9. The van der Waals surface area contributed by atoms with Crippen LogP contribution in [0.1, 0.15) is 15.9 Å². The van der Waals surface area contributed by atoms with E-state index in [-0.39, 0.29) is 5.56 Å². The molecule has 2 aromatic rings. The number of H-pyrrole nitrogens is 1. The van der Waals surface area contributed by atoms with Gasteiger partial charge < -0.3 is 5.32 Å². The monoisotopic (exact) mass is 237 g/mol. The number of amides is 1. The number of halogens is 2. The summed E-state index contributed by atoms with van der Waals surface area (Å²) in [6.45, 7) is 1.75. The first-order valence-electron chi connectivity index (χ1n) is 4.84. The molecule has 0 fully saturated rings. The molecule has 0 atom stereocenters. The summed E-state index contributed by atoms with van der Waals surface area (Å²) < 4.78 is 25.6. The molecule has 0 bridgehead atoms. The molecule has 0 saturated heterocycles. The zero-order valence-electron chi connectivity index (χ0n) is 8.92. The number of anilines is 1. The summed E-state index contributed by atoms with van der Waals surface area (Å²) in [6, 6.07) is 2.96. The largest absolute Gasteiger partial charge is 0.307 e. The van der Waals surface area contributed by atoms with Crippen LogP contribution >= 0.6 is 0 Å². The van der Waals surface area contributed by atoms with Gasteiger partial charge in [-0.3, -0.25) is 9.89 Å². The highest BCUT2D eigenvalue weighted by Crippen LogP contribution is 2.13. The number of nitrogens with zero attached hydrogens (tertiary/aromatic N) is 1. The molecule has 0 saturated carbocycles. The molecule has 88 valence electrons. The second-order valence-electron chi connectivity index (χ2n) is 3.51. The number of benzene rings is 1. The van der Waals surface area contributed by atoms with E-state index < -0.39 is 17.5 Å². The average molecular weight is 237 g/mol. The van der Waals surface area contributed by atoms with Gasteiger partial charge in [0.25, 0.3) is 5.91 Å². The highest BCUT2D eigenvalue weighted by Gasteiger charge is 2.11. The zero-order chi connectivity index (χ0) is 12.4. The molecule has 1 heterocycles. The van der Waals surface area contributed by atoms with Gasteiger partial charge in [0, 0.05) is 11.1 Å². The summed E-state index contributed by atoms with van der Waals surface area (Å²) in [6.07, 6.45) is 1.54. The van der Waals surface area contributed by atoms with Crippen molar-refractivity contribution in [2.75, 3.05) is 5.32 Å².